The van der Waals surface area contributed by atoms with Gasteiger partial charge in [0.25, 0.3) is 0 Å². The molecule has 1 unspecified atom stereocenters. The van der Waals surface area contributed by atoms with Crippen LogP contribution in [0.25, 0.3) is 0 Å². The van der Waals surface area contributed by atoms with Crippen LogP contribution in [0.4, 0.5) is 0 Å². The molecule has 0 spiro atoms. The van der Waals surface area contributed by atoms with Crippen LogP contribution in [0, 0.1) is 0 Å². The van der Waals surface area contributed by atoms with Crippen LogP contribution in [-0.2, 0) is 13.5 Å². The first-order valence-corrected chi connectivity index (χ1v) is 6.75. The van der Waals surface area contributed by atoms with Crippen molar-refractivity contribution in [1.82, 2.24) is 23.8 Å². The lowest BCUT2D eigenvalue weighted by atomic mass is 10.3. The number of nitrogens with one attached hydrogen (secondary N) is 1. The van der Waals surface area contributed by atoms with Crippen LogP contribution in [0.15, 0.2) is 18.5 Å². The minimum atomic E-state index is -0.564. The third-order valence-corrected chi connectivity index (χ3v) is 2.93. The molecule has 2 aromatic heterocycles. The Morgan fingerprint density at radius 1 is 1.58 bits per heavy atom. The van der Waals surface area contributed by atoms with Crippen molar-refractivity contribution >= 4 is 11.7 Å². The maximum atomic E-state index is 9.70. The molecule has 19 heavy (non-hydrogen) atoms. The lowest BCUT2D eigenvalue weighted by Crippen LogP contribution is -2.32. The zero-order valence-corrected chi connectivity index (χ0v) is 11.5. The van der Waals surface area contributed by atoms with Crippen molar-refractivity contribution in [3.05, 3.63) is 24.2 Å². The summed E-state index contributed by atoms with van der Waals surface area (Å²) in [6, 6.07) is 1.98. The largest absolute Gasteiger partial charge is 0.473 e. The molecule has 0 aliphatic heterocycles. The monoisotopic (exact) mass is 283 g/mol. The molecular weight excluding hydrogens is 266 g/mol. The highest BCUT2D eigenvalue weighted by atomic mass is 32.1. The summed E-state index contributed by atoms with van der Waals surface area (Å²) in [6.45, 7) is 1.46. The standard InChI is InChI=1S/C11H17N5O2S/c1-16-5-3-9(14-16)2-4-12-6-10(17)8-18-11-7-13-19-15-11/h3,5,7,10,12,17H,2,4,6,8H2,1H3. The minimum absolute atomic E-state index is 0.210. The van der Waals surface area contributed by atoms with E-state index in [1.807, 2.05) is 19.3 Å². The van der Waals surface area contributed by atoms with Crippen LogP contribution in [0.3, 0.4) is 0 Å². The first-order valence-electron chi connectivity index (χ1n) is 6.01. The number of aryl methyl sites for hydroxylation is 1. The Morgan fingerprint density at radius 2 is 2.47 bits per heavy atom. The van der Waals surface area contributed by atoms with E-state index in [4.69, 9.17) is 4.74 Å². The summed E-state index contributed by atoms with van der Waals surface area (Å²) in [7, 11) is 1.89. The van der Waals surface area contributed by atoms with Crippen LogP contribution in [0.5, 0.6) is 5.88 Å². The molecule has 0 bridgehead atoms. The van der Waals surface area contributed by atoms with Crippen molar-refractivity contribution in [1.29, 1.82) is 0 Å². The molecule has 0 fully saturated rings. The Bertz CT molecular complexity index is 473. The lowest BCUT2D eigenvalue weighted by molar-refractivity contribution is 0.104. The first-order chi connectivity index (χ1) is 9.24. The summed E-state index contributed by atoms with van der Waals surface area (Å²) >= 11 is 1.08. The number of aromatic nitrogens is 4. The van der Waals surface area contributed by atoms with E-state index in [1.54, 1.807) is 4.68 Å². The maximum Gasteiger partial charge on any atom is 0.245 e. The van der Waals surface area contributed by atoms with Crippen molar-refractivity contribution in [3.63, 3.8) is 0 Å². The summed E-state index contributed by atoms with van der Waals surface area (Å²) in [5.74, 6) is 0.456. The molecule has 0 amide bonds. The van der Waals surface area contributed by atoms with Gasteiger partial charge in [-0.1, -0.05) is 0 Å². The van der Waals surface area contributed by atoms with Gasteiger partial charge in [-0.05, 0) is 6.07 Å². The van der Waals surface area contributed by atoms with Crippen molar-refractivity contribution in [2.45, 2.75) is 12.5 Å². The number of rotatable bonds is 8. The topological polar surface area (TPSA) is 85.1 Å². The molecule has 104 valence electrons. The fourth-order valence-electron chi connectivity index (χ4n) is 1.54. The van der Waals surface area contributed by atoms with Gasteiger partial charge >= 0.3 is 0 Å². The summed E-state index contributed by atoms with van der Waals surface area (Å²) < 4.78 is 14.7. The van der Waals surface area contributed by atoms with Gasteiger partial charge in [-0.2, -0.15) is 9.47 Å². The summed E-state index contributed by atoms with van der Waals surface area (Å²) in [5, 5.41) is 17.1. The SMILES string of the molecule is Cn1ccc(CCNCC(O)COc2cnsn2)n1. The molecular formula is C11H17N5O2S. The van der Waals surface area contributed by atoms with E-state index in [0.717, 1.165) is 30.4 Å². The third-order valence-electron chi connectivity index (χ3n) is 2.47. The molecule has 0 aliphatic carbocycles. The Hall–Kier alpha value is -1.51. The predicted octanol–water partition coefficient (Wildman–Crippen LogP) is -0.156. The van der Waals surface area contributed by atoms with Crippen LogP contribution < -0.4 is 10.1 Å². The Kier molecular flexibility index (Phi) is 5.25. The van der Waals surface area contributed by atoms with Gasteiger partial charge in [0.05, 0.1) is 17.4 Å². The second-order valence-corrected chi connectivity index (χ2v) is 4.70. The number of hydrogen-bond donors (Lipinski definition) is 2. The van der Waals surface area contributed by atoms with E-state index in [9.17, 15) is 5.11 Å². The van der Waals surface area contributed by atoms with Crippen molar-refractivity contribution in [3.8, 4) is 5.88 Å². The highest BCUT2D eigenvalue weighted by Gasteiger charge is 2.06. The average Bonchev–Trinajstić information content (AvgIpc) is 3.04. The second kappa shape index (κ2) is 7.17. The molecule has 2 N–H and O–H groups in total. The van der Waals surface area contributed by atoms with E-state index < -0.39 is 6.10 Å². The van der Waals surface area contributed by atoms with Crippen LogP contribution in [0.1, 0.15) is 5.69 Å². The van der Waals surface area contributed by atoms with E-state index in [2.05, 4.69) is 19.2 Å². The van der Waals surface area contributed by atoms with E-state index in [1.165, 1.54) is 6.20 Å². The number of aliphatic hydroxyl groups is 1. The molecule has 0 aromatic carbocycles. The lowest BCUT2D eigenvalue weighted by Gasteiger charge is -2.11. The first kappa shape index (κ1) is 13.9. The van der Waals surface area contributed by atoms with Gasteiger partial charge in [0, 0.05) is 32.8 Å². The summed E-state index contributed by atoms with van der Waals surface area (Å²) in [5.41, 5.74) is 1.04. The third kappa shape index (κ3) is 4.93. The van der Waals surface area contributed by atoms with Gasteiger partial charge in [-0.25, -0.2) is 0 Å². The van der Waals surface area contributed by atoms with Crippen LogP contribution in [-0.4, -0.2) is 49.4 Å². The Morgan fingerprint density at radius 3 is 3.16 bits per heavy atom. The van der Waals surface area contributed by atoms with Gasteiger partial charge in [0.15, 0.2) is 0 Å². The molecule has 0 saturated carbocycles. The smallest absolute Gasteiger partial charge is 0.245 e. The minimum Gasteiger partial charge on any atom is -0.473 e. The molecule has 8 heteroatoms. The fourth-order valence-corrected chi connectivity index (χ4v) is 1.91. The predicted molar refractivity (Wildman–Crippen MR) is 71.2 cm³/mol. The van der Waals surface area contributed by atoms with E-state index >= 15 is 0 Å². The molecule has 0 aliphatic rings. The zero-order valence-electron chi connectivity index (χ0n) is 10.7. The van der Waals surface area contributed by atoms with Crippen molar-refractivity contribution < 1.29 is 9.84 Å². The summed E-state index contributed by atoms with van der Waals surface area (Å²) in [4.78, 5) is 0. The van der Waals surface area contributed by atoms with Crippen LogP contribution in [0.2, 0.25) is 0 Å². The Balaban J connectivity index is 1.55. The highest BCUT2D eigenvalue weighted by molar-refractivity contribution is 6.99. The van der Waals surface area contributed by atoms with Gasteiger partial charge < -0.3 is 15.2 Å². The fraction of sp³-hybridized carbons (Fsp3) is 0.545. The van der Waals surface area contributed by atoms with Gasteiger partial charge in [-0.15, -0.1) is 4.37 Å². The molecule has 1 atom stereocenters. The van der Waals surface area contributed by atoms with Gasteiger partial charge in [-0.3, -0.25) is 4.68 Å². The number of nitrogens with zero attached hydrogens (tertiary/aromatic N) is 4. The van der Waals surface area contributed by atoms with Gasteiger partial charge in [0.2, 0.25) is 5.88 Å². The second-order valence-electron chi connectivity index (χ2n) is 4.15. The van der Waals surface area contributed by atoms with Crippen molar-refractivity contribution in [2.75, 3.05) is 19.7 Å². The number of hydrogen-bond acceptors (Lipinski definition) is 7. The Labute approximate surface area is 115 Å². The highest BCUT2D eigenvalue weighted by Crippen LogP contribution is 2.05. The maximum absolute atomic E-state index is 9.70. The van der Waals surface area contributed by atoms with Crippen molar-refractivity contribution in [2.24, 2.45) is 7.05 Å². The molecule has 7 nitrogen and oxygen atoms in total. The van der Waals surface area contributed by atoms with Crippen LogP contribution >= 0.6 is 11.7 Å². The normalized spacial score (nSPS) is 12.5. The molecule has 0 radical (unpaired) electrons. The quantitative estimate of drug-likeness (QED) is 0.655. The zero-order chi connectivity index (χ0) is 13.5. The number of ether oxygens (including phenoxy) is 1. The molecule has 2 aromatic rings. The summed E-state index contributed by atoms with van der Waals surface area (Å²) in [6.07, 6.45) is 3.72. The molecule has 0 saturated heterocycles. The number of aliphatic hydroxyl groups excluding tert-OH is 1. The van der Waals surface area contributed by atoms with Gasteiger partial charge in [0.1, 0.15) is 18.9 Å². The van der Waals surface area contributed by atoms with E-state index in [0.29, 0.717) is 12.4 Å². The average molecular weight is 283 g/mol. The molecule has 2 heterocycles. The van der Waals surface area contributed by atoms with E-state index in [-0.39, 0.29) is 6.61 Å². The molecule has 2 rings (SSSR count).